The molecule has 0 atom stereocenters. The van der Waals surface area contributed by atoms with Crippen molar-refractivity contribution in [2.24, 2.45) is 0 Å². The Morgan fingerprint density at radius 2 is 1.36 bits per heavy atom. The zero-order chi connectivity index (χ0) is 15.5. The fraction of sp³-hybridized carbons (Fsp3) is 0.100. The molecule has 0 saturated carbocycles. The lowest BCUT2D eigenvalue weighted by Crippen LogP contribution is -1.94. The molecule has 0 spiro atoms. The first-order valence-corrected chi connectivity index (χ1v) is 7.23. The van der Waals surface area contributed by atoms with Crippen molar-refractivity contribution in [2.45, 2.75) is 6.92 Å². The number of aryl methyl sites for hydroxylation is 1. The largest absolute Gasteiger partial charge is 0.504 e. The van der Waals surface area contributed by atoms with Crippen molar-refractivity contribution in [1.29, 1.82) is 0 Å². The summed E-state index contributed by atoms with van der Waals surface area (Å²) in [6.07, 6.45) is 0. The zero-order valence-corrected chi connectivity index (χ0v) is 12.7. The van der Waals surface area contributed by atoms with Crippen LogP contribution < -0.4 is 4.74 Å². The van der Waals surface area contributed by atoms with E-state index in [0.29, 0.717) is 5.75 Å². The van der Waals surface area contributed by atoms with Crippen molar-refractivity contribution in [1.82, 2.24) is 0 Å². The van der Waals surface area contributed by atoms with Gasteiger partial charge in [0.05, 0.1) is 7.11 Å². The number of aromatic hydroxyl groups is 1. The van der Waals surface area contributed by atoms with Crippen molar-refractivity contribution in [3.05, 3.63) is 72.3 Å². The van der Waals surface area contributed by atoms with Gasteiger partial charge in [-0.1, -0.05) is 60.7 Å². The fourth-order valence-electron chi connectivity index (χ4n) is 2.71. The monoisotopic (exact) mass is 290 g/mol. The van der Waals surface area contributed by atoms with Gasteiger partial charge in [-0.25, -0.2) is 0 Å². The molecule has 0 unspecified atom stereocenters. The highest BCUT2D eigenvalue weighted by Gasteiger charge is 2.19. The maximum absolute atomic E-state index is 10.4. The summed E-state index contributed by atoms with van der Waals surface area (Å²) < 4.78 is 5.52. The summed E-state index contributed by atoms with van der Waals surface area (Å²) in [7, 11) is 1.59. The average Bonchev–Trinajstić information content (AvgIpc) is 2.58. The molecule has 22 heavy (non-hydrogen) atoms. The molecule has 3 aromatic carbocycles. The molecular formula is C20H18O2. The SMILES string of the molecule is COc1c(O)c(C)cc(-c2ccccc2)c1-c1ccccc1. The predicted molar refractivity (Wildman–Crippen MR) is 90.3 cm³/mol. The Hall–Kier alpha value is -2.74. The molecule has 0 aliphatic carbocycles. The summed E-state index contributed by atoms with van der Waals surface area (Å²) in [5, 5.41) is 10.4. The second-order valence-electron chi connectivity index (χ2n) is 5.23. The lowest BCUT2D eigenvalue weighted by Gasteiger charge is -2.18. The average molecular weight is 290 g/mol. The normalized spacial score (nSPS) is 10.5. The van der Waals surface area contributed by atoms with Crippen LogP contribution in [0.25, 0.3) is 22.3 Å². The number of methoxy groups -OCH3 is 1. The van der Waals surface area contributed by atoms with E-state index in [-0.39, 0.29) is 5.75 Å². The molecule has 1 N–H and O–H groups in total. The van der Waals surface area contributed by atoms with Gasteiger partial charge in [-0.2, -0.15) is 0 Å². The third-order valence-electron chi connectivity index (χ3n) is 3.80. The Bertz CT molecular complexity index is 778. The lowest BCUT2D eigenvalue weighted by molar-refractivity contribution is 0.373. The standard InChI is InChI=1S/C20H18O2/c1-14-13-17(15-9-5-3-6-10-15)18(20(22-2)19(14)21)16-11-7-4-8-12-16/h3-13,21H,1-2H3. The Morgan fingerprint density at radius 1 is 0.818 bits per heavy atom. The number of benzene rings is 3. The van der Waals surface area contributed by atoms with E-state index in [1.807, 2.05) is 61.5 Å². The van der Waals surface area contributed by atoms with Crippen LogP contribution in [0.15, 0.2) is 66.7 Å². The molecule has 2 nitrogen and oxygen atoms in total. The Morgan fingerprint density at radius 3 is 1.91 bits per heavy atom. The van der Waals surface area contributed by atoms with E-state index in [0.717, 1.165) is 27.8 Å². The van der Waals surface area contributed by atoms with E-state index in [1.54, 1.807) is 7.11 Å². The number of ether oxygens (including phenoxy) is 1. The maximum atomic E-state index is 10.4. The molecule has 0 radical (unpaired) electrons. The lowest BCUT2D eigenvalue weighted by atomic mass is 9.91. The molecule has 3 rings (SSSR count). The minimum atomic E-state index is 0.195. The summed E-state index contributed by atoms with van der Waals surface area (Å²) in [6.45, 7) is 1.89. The first-order valence-electron chi connectivity index (χ1n) is 7.23. The molecule has 0 aromatic heterocycles. The van der Waals surface area contributed by atoms with E-state index in [9.17, 15) is 5.11 Å². The molecular weight excluding hydrogens is 272 g/mol. The quantitative estimate of drug-likeness (QED) is 0.732. The van der Waals surface area contributed by atoms with Gasteiger partial charge in [0.15, 0.2) is 11.5 Å². The summed E-state index contributed by atoms with van der Waals surface area (Å²) in [5.41, 5.74) is 4.89. The van der Waals surface area contributed by atoms with Crippen LogP contribution in [0, 0.1) is 6.92 Å². The Kier molecular flexibility index (Phi) is 3.84. The van der Waals surface area contributed by atoms with Gasteiger partial charge in [0, 0.05) is 5.56 Å². The second-order valence-corrected chi connectivity index (χ2v) is 5.23. The summed E-state index contributed by atoms with van der Waals surface area (Å²) in [4.78, 5) is 0. The molecule has 0 bridgehead atoms. The van der Waals surface area contributed by atoms with Crippen molar-refractivity contribution < 1.29 is 9.84 Å². The molecule has 3 aromatic rings. The molecule has 0 saturated heterocycles. The Balaban J connectivity index is 2.36. The highest BCUT2D eigenvalue weighted by atomic mass is 16.5. The van der Waals surface area contributed by atoms with E-state index < -0.39 is 0 Å². The highest BCUT2D eigenvalue weighted by molar-refractivity contribution is 5.90. The molecule has 0 aliphatic rings. The smallest absolute Gasteiger partial charge is 0.169 e. The van der Waals surface area contributed by atoms with Crippen molar-refractivity contribution in [3.63, 3.8) is 0 Å². The molecule has 0 heterocycles. The molecule has 110 valence electrons. The van der Waals surface area contributed by atoms with Gasteiger partial charge < -0.3 is 9.84 Å². The predicted octanol–water partition coefficient (Wildman–Crippen LogP) is 5.04. The minimum absolute atomic E-state index is 0.195. The summed E-state index contributed by atoms with van der Waals surface area (Å²) in [6, 6.07) is 22.2. The van der Waals surface area contributed by atoms with Crippen LogP contribution in [0.2, 0.25) is 0 Å². The zero-order valence-electron chi connectivity index (χ0n) is 12.7. The van der Waals surface area contributed by atoms with Crippen LogP contribution in [-0.2, 0) is 0 Å². The van der Waals surface area contributed by atoms with Crippen molar-refractivity contribution in [3.8, 4) is 33.8 Å². The Labute approximate surface area is 130 Å². The van der Waals surface area contributed by atoms with Crippen molar-refractivity contribution in [2.75, 3.05) is 7.11 Å². The molecule has 0 fully saturated rings. The second kappa shape index (κ2) is 5.94. The summed E-state index contributed by atoms with van der Waals surface area (Å²) >= 11 is 0. The van der Waals surface area contributed by atoms with Gasteiger partial charge in [0.25, 0.3) is 0 Å². The van der Waals surface area contributed by atoms with Gasteiger partial charge in [-0.15, -0.1) is 0 Å². The van der Waals surface area contributed by atoms with Gasteiger partial charge in [0.1, 0.15) is 0 Å². The number of phenolic OH excluding ortho intramolecular Hbond substituents is 1. The van der Waals surface area contributed by atoms with Gasteiger partial charge in [-0.3, -0.25) is 0 Å². The molecule has 0 aliphatic heterocycles. The van der Waals surface area contributed by atoms with Gasteiger partial charge >= 0.3 is 0 Å². The van der Waals surface area contributed by atoms with Gasteiger partial charge in [-0.05, 0) is 35.2 Å². The minimum Gasteiger partial charge on any atom is -0.504 e. The molecule has 0 amide bonds. The molecule has 2 heteroatoms. The van der Waals surface area contributed by atoms with Crippen LogP contribution in [0.1, 0.15) is 5.56 Å². The van der Waals surface area contributed by atoms with E-state index in [1.165, 1.54) is 0 Å². The number of hydrogen-bond acceptors (Lipinski definition) is 2. The van der Waals surface area contributed by atoms with Crippen LogP contribution in [0.5, 0.6) is 11.5 Å². The van der Waals surface area contributed by atoms with Crippen LogP contribution >= 0.6 is 0 Å². The first kappa shape index (κ1) is 14.2. The fourth-order valence-corrected chi connectivity index (χ4v) is 2.71. The van der Waals surface area contributed by atoms with E-state index in [4.69, 9.17) is 4.74 Å². The van der Waals surface area contributed by atoms with Crippen LogP contribution in [-0.4, -0.2) is 12.2 Å². The number of hydrogen-bond donors (Lipinski definition) is 1. The van der Waals surface area contributed by atoms with Crippen LogP contribution in [0.4, 0.5) is 0 Å². The third kappa shape index (κ3) is 2.44. The number of phenols is 1. The maximum Gasteiger partial charge on any atom is 0.169 e. The van der Waals surface area contributed by atoms with E-state index in [2.05, 4.69) is 12.1 Å². The number of rotatable bonds is 3. The van der Waals surface area contributed by atoms with Gasteiger partial charge in [0.2, 0.25) is 0 Å². The third-order valence-corrected chi connectivity index (χ3v) is 3.80. The summed E-state index contributed by atoms with van der Waals surface area (Å²) in [5.74, 6) is 0.714. The highest BCUT2D eigenvalue weighted by Crippen LogP contribution is 2.46. The van der Waals surface area contributed by atoms with Crippen LogP contribution in [0.3, 0.4) is 0 Å². The topological polar surface area (TPSA) is 29.5 Å². The first-order chi connectivity index (χ1) is 10.7. The van der Waals surface area contributed by atoms with Crippen molar-refractivity contribution >= 4 is 0 Å². The van der Waals surface area contributed by atoms with E-state index >= 15 is 0 Å².